The maximum Gasteiger partial charge on any atom is 0.131 e. The highest BCUT2D eigenvalue weighted by molar-refractivity contribution is 9.10. The van der Waals surface area contributed by atoms with Gasteiger partial charge in [0, 0.05) is 11.0 Å². The number of hydrogen-bond acceptors (Lipinski definition) is 3. The number of nitrogens with zero attached hydrogens (tertiary/aromatic N) is 2. The van der Waals surface area contributed by atoms with Crippen molar-refractivity contribution in [3.8, 4) is 5.75 Å². The molecule has 0 bridgehead atoms. The van der Waals surface area contributed by atoms with Crippen LogP contribution in [0, 0.1) is 6.92 Å². The van der Waals surface area contributed by atoms with Crippen LogP contribution < -0.4 is 10.5 Å². The molecule has 6 heteroatoms. The molecule has 4 nitrogen and oxygen atoms in total. The average Bonchev–Trinajstić information content (AvgIpc) is 2.74. The molecule has 0 unspecified atom stereocenters. The summed E-state index contributed by atoms with van der Waals surface area (Å²) in [6.07, 6.45) is 0.794. The number of aryl methyl sites for hydroxylation is 2. The van der Waals surface area contributed by atoms with E-state index in [0.29, 0.717) is 13.2 Å². The van der Waals surface area contributed by atoms with Crippen molar-refractivity contribution < 1.29 is 4.74 Å². The number of benzene rings is 1. The van der Waals surface area contributed by atoms with Gasteiger partial charge in [0.1, 0.15) is 12.4 Å². The molecule has 1 aromatic carbocycles. The minimum absolute atomic E-state index is 0.481. The lowest BCUT2D eigenvalue weighted by atomic mass is 10.1. The number of halogens is 2. The second kappa shape index (κ2) is 7.42. The molecule has 0 fully saturated rings. The molecule has 2 N–H and O–H groups in total. The zero-order chi connectivity index (χ0) is 15.4. The fourth-order valence-electron chi connectivity index (χ4n) is 2.19. The molecule has 21 heavy (non-hydrogen) atoms. The Balaban J connectivity index is 2.20. The number of aromatic nitrogens is 2. The van der Waals surface area contributed by atoms with E-state index < -0.39 is 0 Å². The van der Waals surface area contributed by atoms with Gasteiger partial charge in [-0.15, -0.1) is 0 Å². The molecule has 0 radical (unpaired) electrons. The van der Waals surface area contributed by atoms with Crippen molar-refractivity contribution in [3.05, 3.63) is 44.1 Å². The first-order valence-electron chi connectivity index (χ1n) is 6.89. The number of ether oxygens (including phenoxy) is 1. The fraction of sp³-hybridized carbons (Fsp3) is 0.400. The Morgan fingerprint density at radius 1 is 1.33 bits per heavy atom. The predicted molar refractivity (Wildman–Crippen MR) is 91.6 cm³/mol. The quantitative estimate of drug-likeness (QED) is 0.778. The average molecular weight is 417 g/mol. The first kappa shape index (κ1) is 16.5. The van der Waals surface area contributed by atoms with E-state index in [4.69, 9.17) is 10.5 Å². The van der Waals surface area contributed by atoms with Crippen molar-refractivity contribution in [2.45, 2.75) is 33.4 Å². The van der Waals surface area contributed by atoms with Gasteiger partial charge in [-0.05, 0) is 66.5 Å². The van der Waals surface area contributed by atoms with E-state index in [1.165, 1.54) is 0 Å². The van der Waals surface area contributed by atoms with Crippen LogP contribution in [-0.2, 0) is 19.6 Å². The molecule has 2 aromatic rings. The molecule has 114 valence electrons. The van der Waals surface area contributed by atoms with Gasteiger partial charge in [-0.3, -0.25) is 4.68 Å². The second-order valence-corrected chi connectivity index (χ2v) is 6.45. The lowest BCUT2D eigenvalue weighted by Gasteiger charge is -2.12. The third-order valence-corrected chi connectivity index (χ3v) is 4.78. The molecule has 0 aliphatic heterocycles. The highest BCUT2D eigenvalue weighted by Gasteiger charge is 2.13. The molecule has 0 spiro atoms. The lowest BCUT2D eigenvalue weighted by molar-refractivity contribution is 0.288. The lowest BCUT2D eigenvalue weighted by Crippen LogP contribution is -2.09. The van der Waals surface area contributed by atoms with E-state index in [1.807, 2.05) is 23.7 Å². The topological polar surface area (TPSA) is 53.1 Å². The molecule has 1 heterocycles. The summed E-state index contributed by atoms with van der Waals surface area (Å²) in [5.74, 6) is 0.872. The Bertz CT molecular complexity index is 626. The van der Waals surface area contributed by atoms with Gasteiger partial charge in [0.2, 0.25) is 0 Å². The van der Waals surface area contributed by atoms with E-state index in [1.54, 1.807) is 0 Å². The molecular weight excluding hydrogens is 398 g/mol. The number of nitrogens with two attached hydrogens (primary N) is 1. The van der Waals surface area contributed by atoms with Crippen LogP contribution in [0.3, 0.4) is 0 Å². The summed E-state index contributed by atoms with van der Waals surface area (Å²) < 4.78 is 10.0. The standard InChI is InChI=1S/C15H19Br2N3O/c1-3-20-13(15(17)10(2)19-20)9-21-14-5-4-12(16)8-11(14)6-7-18/h4-5,8H,3,6-7,9,18H2,1-2H3. The van der Waals surface area contributed by atoms with Gasteiger partial charge in [-0.2, -0.15) is 5.10 Å². The highest BCUT2D eigenvalue weighted by atomic mass is 79.9. The van der Waals surface area contributed by atoms with E-state index in [2.05, 4.69) is 49.9 Å². The Morgan fingerprint density at radius 2 is 2.10 bits per heavy atom. The van der Waals surface area contributed by atoms with Crippen LogP contribution in [-0.4, -0.2) is 16.3 Å². The van der Waals surface area contributed by atoms with Gasteiger partial charge in [-0.25, -0.2) is 0 Å². The van der Waals surface area contributed by atoms with Crippen molar-refractivity contribution in [2.75, 3.05) is 6.54 Å². The molecular formula is C15H19Br2N3O. The Labute approximate surface area is 141 Å². The van der Waals surface area contributed by atoms with Crippen LogP contribution in [0.15, 0.2) is 27.1 Å². The van der Waals surface area contributed by atoms with E-state index >= 15 is 0 Å². The maximum atomic E-state index is 6.00. The smallest absolute Gasteiger partial charge is 0.131 e. The molecule has 0 saturated heterocycles. The van der Waals surface area contributed by atoms with Crippen molar-refractivity contribution >= 4 is 31.9 Å². The molecule has 0 aliphatic rings. The molecule has 1 aromatic heterocycles. The molecule has 0 amide bonds. The fourth-order valence-corrected chi connectivity index (χ4v) is 3.00. The van der Waals surface area contributed by atoms with Gasteiger partial charge in [0.15, 0.2) is 0 Å². The maximum absolute atomic E-state index is 6.00. The monoisotopic (exact) mass is 415 g/mol. The van der Waals surface area contributed by atoms with Crippen LogP contribution in [0.4, 0.5) is 0 Å². The molecule has 2 rings (SSSR count). The summed E-state index contributed by atoms with van der Waals surface area (Å²) >= 11 is 7.07. The zero-order valence-corrected chi connectivity index (χ0v) is 15.4. The minimum Gasteiger partial charge on any atom is -0.487 e. The third kappa shape index (κ3) is 3.87. The summed E-state index contributed by atoms with van der Waals surface area (Å²) in [6, 6.07) is 6.01. The van der Waals surface area contributed by atoms with Gasteiger partial charge in [0.05, 0.1) is 15.9 Å². The zero-order valence-electron chi connectivity index (χ0n) is 12.2. The summed E-state index contributed by atoms with van der Waals surface area (Å²) in [6.45, 7) is 5.96. The normalized spacial score (nSPS) is 10.9. The van der Waals surface area contributed by atoms with Gasteiger partial charge >= 0.3 is 0 Å². The third-order valence-electron chi connectivity index (χ3n) is 3.25. The predicted octanol–water partition coefficient (Wildman–Crippen LogP) is 3.82. The van der Waals surface area contributed by atoms with Gasteiger partial charge in [0.25, 0.3) is 0 Å². The van der Waals surface area contributed by atoms with Crippen molar-refractivity contribution in [1.29, 1.82) is 0 Å². The van der Waals surface area contributed by atoms with Crippen molar-refractivity contribution in [3.63, 3.8) is 0 Å². The van der Waals surface area contributed by atoms with E-state index in [-0.39, 0.29) is 0 Å². The largest absolute Gasteiger partial charge is 0.487 e. The Kier molecular flexibility index (Phi) is 5.84. The molecule has 0 atom stereocenters. The highest BCUT2D eigenvalue weighted by Crippen LogP contribution is 2.27. The van der Waals surface area contributed by atoms with Crippen LogP contribution in [0.1, 0.15) is 23.9 Å². The Hall–Kier alpha value is -0.850. The SMILES string of the molecule is CCn1nc(C)c(Br)c1COc1ccc(Br)cc1CCN. The van der Waals surface area contributed by atoms with Crippen LogP contribution in [0.5, 0.6) is 5.75 Å². The number of rotatable bonds is 6. The van der Waals surface area contributed by atoms with Crippen LogP contribution in [0.2, 0.25) is 0 Å². The van der Waals surface area contributed by atoms with Crippen LogP contribution >= 0.6 is 31.9 Å². The van der Waals surface area contributed by atoms with Crippen molar-refractivity contribution in [1.82, 2.24) is 9.78 Å². The van der Waals surface area contributed by atoms with Crippen LogP contribution in [0.25, 0.3) is 0 Å². The van der Waals surface area contributed by atoms with Crippen molar-refractivity contribution in [2.24, 2.45) is 5.73 Å². The minimum atomic E-state index is 0.481. The molecule has 0 saturated carbocycles. The van der Waals surface area contributed by atoms with E-state index in [9.17, 15) is 0 Å². The second-order valence-electron chi connectivity index (χ2n) is 4.74. The van der Waals surface area contributed by atoms with Gasteiger partial charge in [-0.1, -0.05) is 15.9 Å². The molecule has 0 aliphatic carbocycles. The Morgan fingerprint density at radius 3 is 2.76 bits per heavy atom. The summed E-state index contributed by atoms with van der Waals surface area (Å²) in [4.78, 5) is 0. The first-order valence-corrected chi connectivity index (χ1v) is 8.48. The van der Waals surface area contributed by atoms with Gasteiger partial charge < -0.3 is 10.5 Å². The summed E-state index contributed by atoms with van der Waals surface area (Å²) in [5.41, 5.74) is 8.81. The summed E-state index contributed by atoms with van der Waals surface area (Å²) in [5, 5.41) is 4.48. The first-order chi connectivity index (χ1) is 10.1. The number of hydrogen-bond donors (Lipinski definition) is 1. The van der Waals surface area contributed by atoms with E-state index in [0.717, 1.165) is 44.6 Å². The summed E-state index contributed by atoms with van der Waals surface area (Å²) in [7, 11) is 0.